The Morgan fingerprint density at radius 3 is 2.67 bits per heavy atom. The Kier molecular flexibility index (Phi) is 4.80. The van der Waals surface area contributed by atoms with Gasteiger partial charge >= 0.3 is 0 Å². The number of nitrogens with zero attached hydrogens (tertiary/aromatic N) is 4. The van der Waals surface area contributed by atoms with Crippen LogP contribution in [0.3, 0.4) is 0 Å². The molecule has 27 heavy (non-hydrogen) atoms. The first-order valence-electron chi connectivity index (χ1n) is 10.0. The van der Waals surface area contributed by atoms with Gasteiger partial charge in [0.1, 0.15) is 24.5 Å². The van der Waals surface area contributed by atoms with Crippen LogP contribution in [0.4, 0.5) is 5.82 Å². The Hall–Kier alpha value is -1.44. The number of aliphatic hydroxyl groups excluding tert-OH is 1. The number of anilines is 1. The molecule has 2 aliphatic carbocycles. The molecule has 2 aromatic rings. The zero-order valence-corrected chi connectivity index (χ0v) is 18.0. The number of hydrogen-bond acceptors (Lipinski definition) is 5. The van der Waals surface area contributed by atoms with Crippen LogP contribution in [0, 0.1) is 5.41 Å². The molecular weight excluding hydrogens is 356 g/mol. The van der Waals surface area contributed by atoms with Gasteiger partial charge in [-0.05, 0) is 43.2 Å². The van der Waals surface area contributed by atoms with E-state index in [-0.39, 0.29) is 6.10 Å². The number of hydrogen-bond donors (Lipinski definition) is 1. The SMILES string of the molecule is CN(c1ncnc2c1ccn2COCC[Si](C)(C)C)C1CC2(CC(O)C2)C1. The monoisotopic (exact) mass is 388 g/mol. The van der Waals surface area contributed by atoms with Crippen molar-refractivity contribution in [2.75, 3.05) is 18.6 Å². The Morgan fingerprint density at radius 2 is 2.00 bits per heavy atom. The molecule has 0 atom stereocenters. The van der Waals surface area contributed by atoms with Crippen LogP contribution in [0.2, 0.25) is 25.7 Å². The van der Waals surface area contributed by atoms with Crippen LogP contribution in [-0.4, -0.2) is 53.5 Å². The molecule has 1 N–H and O–H groups in total. The lowest BCUT2D eigenvalue weighted by atomic mass is 9.52. The fourth-order valence-electron chi connectivity index (χ4n) is 4.58. The molecule has 0 aliphatic heterocycles. The van der Waals surface area contributed by atoms with Crippen LogP contribution >= 0.6 is 0 Å². The van der Waals surface area contributed by atoms with Crippen molar-refractivity contribution >= 4 is 24.9 Å². The summed E-state index contributed by atoms with van der Waals surface area (Å²) in [5.74, 6) is 1.00. The van der Waals surface area contributed by atoms with Crippen LogP contribution in [0.25, 0.3) is 11.0 Å². The van der Waals surface area contributed by atoms with Gasteiger partial charge in [-0.3, -0.25) is 0 Å². The Balaban J connectivity index is 1.41. The highest BCUT2D eigenvalue weighted by molar-refractivity contribution is 6.76. The Labute approximate surface area is 162 Å². The summed E-state index contributed by atoms with van der Waals surface area (Å²) in [6, 6.07) is 3.78. The summed E-state index contributed by atoms with van der Waals surface area (Å²) < 4.78 is 7.97. The fourth-order valence-corrected chi connectivity index (χ4v) is 5.33. The van der Waals surface area contributed by atoms with Crippen LogP contribution in [0.5, 0.6) is 0 Å². The third-order valence-corrected chi connectivity index (χ3v) is 8.02. The van der Waals surface area contributed by atoms with Crippen molar-refractivity contribution in [3.05, 3.63) is 18.6 Å². The first-order valence-corrected chi connectivity index (χ1v) is 13.8. The summed E-state index contributed by atoms with van der Waals surface area (Å²) >= 11 is 0. The molecule has 6 nitrogen and oxygen atoms in total. The maximum absolute atomic E-state index is 9.62. The molecule has 2 fully saturated rings. The first kappa shape index (κ1) is 18.9. The quantitative estimate of drug-likeness (QED) is 0.581. The van der Waals surface area contributed by atoms with E-state index in [1.807, 2.05) is 0 Å². The van der Waals surface area contributed by atoms with Gasteiger partial charge in [0.15, 0.2) is 0 Å². The van der Waals surface area contributed by atoms with Gasteiger partial charge in [-0.25, -0.2) is 9.97 Å². The third kappa shape index (κ3) is 3.77. The van der Waals surface area contributed by atoms with Crippen molar-refractivity contribution in [3.63, 3.8) is 0 Å². The summed E-state index contributed by atoms with van der Waals surface area (Å²) in [7, 11) is 1.07. The lowest BCUT2D eigenvalue weighted by Crippen LogP contribution is -2.57. The zero-order valence-electron chi connectivity index (χ0n) is 17.0. The normalized spacial score (nSPS) is 27.6. The number of aliphatic hydroxyl groups is 1. The van der Waals surface area contributed by atoms with Gasteiger partial charge in [0, 0.05) is 34.0 Å². The summed E-state index contributed by atoms with van der Waals surface area (Å²) in [4.78, 5) is 11.4. The molecule has 0 radical (unpaired) electrons. The van der Waals surface area contributed by atoms with Gasteiger partial charge in [-0.2, -0.15) is 0 Å². The van der Waals surface area contributed by atoms with E-state index in [4.69, 9.17) is 4.74 Å². The summed E-state index contributed by atoms with van der Waals surface area (Å²) in [6.45, 7) is 8.45. The molecule has 2 aliphatic rings. The van der Waals surface area contributed by atoms with Crippen LogP contribution in [0.15, 0.2) is 18.6 Å². The highest BCUT2D eigenvalue weighted by atomic mass is 28.3. The first-order chi connectivity index (χ1) is 12.8. The van der Waals surface area contributed by atoms with E-state index in [0.29, 0.717) is 18.2 Å². The summed E-state index contributed by atoms with van der Waals surface area (Å²) in [5.41, 5.74) is 1.34. The second-order valence-corrected chi connectivity index (χ2v) is 15.4. The number of rotatable bonds is 7. The molecule has 2 saturated carbocycles. The van der Waals surface area contributed by atoms with E-state index in [1.54, 1.807) is 6.33 Å². The molecule has 1 spiro atoms. The van der Waals surface area contributed by atoms with Crippen LogP contribution in [0.1, 0.15) is 25.7 Å². The molecule has 2 aromatic heterocycles. The second kappa shape index (κ2) is 6.86. The third-order valence-electron chi connectivity index (χ3n) is 6.32. The van der Waals surface area contributed by atoms with Crippen molar-refractivity contribution in [3.8, 4) is 0 Å². The van der Waals surface area contributed by atoms with Crippen molar-refractivity contribution in [1.29, 1.82) is 0 Å². The smallest absolute Gasteiger partial charge is 0.147 e. The molecule has 0 unspecified atom stereocenters. The topological polar surface area (TPSA) is 63.4 Å². The Morgan fingerprint density at radius 1 is 1.26 bits per heavy atom. The van der Waals surface area contributed by atoms with Crippen molar-refractivity contribution in [2.24, 2.45) is 5.41 Å². The summed E-state index contributed by atoms with van der Waals surface area (Å²) in [5, 5.41) is 10.7. The van der Waals surface area contributed by atoms with E-state index >= 15 is 0 Å². The van der Waals surface area contributed by atoms with Crippen molar-refractivity contribution < 1.29 is 9.84 Å². The molecule has 2 heterocycles. The van der Waals surface area contributed by atoms with Gasteiger partial charge in [0.25, 0.3) is 0 Å². The molecular formula is C20H32N4O2Si. The number of aromatic nitrogens is 3. The van der Waals surface area contributed by atoms with E-state index < -0.39 is 8.07 Å². The largest absolute Gasteiger partial charge is 0.393 e. The second-order valence-electron chi connectivity index (χ2n) is 9.80. The highest BCUT2D eigenvalue weighted by Crippen LogP contribution is 2.57. The van der Waals surface area contributed by atoms with Gasteiger partial charge in [0.2, 0.25) is 0 Å². The van der Waals surface area contributed by atoms with E-state index in [9.17, 15) is 5.11 Å². The van der Waals surface area contributed by atoms with Crippen molar-refractivity contribution in [2.45, 2.75) is 70.2 Å². The molecule has 4 rings (SSSR count). The predicted molar refractivity (Wildman–Crippen MR) is 111 cm³/mol. The van der Waals surface area contributed by atoms with E-state index in [1.165, 1.54) is 6.04 Å². The lowest BCUT2D eigenvalue weighted by Gasteiger charge is -2.58. The minimum atomic E-state index is -1.06. The minimum absolute atomic E-state index is 0.0722. The van der Waals surface area contributed by atoms with Gasteiger partial charge in [-0.15, -0.1) is 0 Å². The van der Waals surface area contributed by atoms with Gasteiger partial charge in [-0.1, -0.05) is 19.6 Å². The average molecular weight is 389 g/mol. The van der Waals surface area contributed by atoms with Crippen molar-refractivity contribution in [1.82, 2.24) is 14.5 Å². The highest BCUT2D eigenvalue weighted by Gasteiger charge is 2.53. The van der Waals surface area contributed by atoms with Gasteiger partial charge < -0.3 is 19.3 Å². The lowest BCUT2D eigenvalue weighted by molar-refractivity contribution is -0.0910. The molecule has 148 valence electrons. The van der Waals surface area contributed by atoms with Crippen LogP contribution < -0.4 is 4.90 Å². The molecule has 7 heteroatoms. The van der Waals surface area contributed by atoms with E-state index in [0.717, 1.165) is 49.1 Å². The number of ether oxygens (including phenoxy) is 1. The molecule has 0 bridgehead atoms. The van der Waals surface area contributed by atoms with Crippen LogP contribution in [-0.2, 0) is 11.5 Å². The summed E-state index contributed by atoms with van der Waals surface area (Å²) in [6.07, 6.45) is 7.91. The molecule has 0 amide bonds. The number of fused-ring (bicyclic) bond motifs is 1. The minimum Gasteiger partial charge on any atom is -0.393 e. The maximum atomic E-state index is 9.62. The molecule has 0 saturated heterocycles. The zero-order chi connectivity index (χ0) is 19.2. The fraction of sp³-hybridized carbons (Fsp3) is 0.700. The average Bonchev–Trinajstić information content (AvgIpc) is 2.95. The molecule has 0 aromatic carbocycles. The van der Waals surface area contributed by atoms with Gasteiger partial charge in [0.05, 0.1) is 11.5 Å². The maximum Gasteiger partial charge on any atom is 0.147 e. The Bertz CT molecular complexity index is 802. The predicted octanol–water partition coefficient (Wildman–Crippen LogP) is 3.48. The van der Waals surface area contributed by atoms with E-state index in [2.05, 4.69) is 58.4 Å². The standard InChI is InChI=1S/C20H32N4O2Si/c1-23(15-9-20(10-15)11-16(25)12-20)18-17-5-6-24(19(17)22-13-21-18)14-26-7-8-27(2,3)4/h5-6,13,15-16,25H,7-12,14H2,1-4H3.